The minimum Gasteiger partial charge on any atom is -0.367 e. The van der Waals surface area contributed by atoms with E-state index in [4.69, 9.17) is 9.97 Å². The number of nitrogens with one attached hydrogen (secondary N) is 1. The minimum atomic E-state index is 0.379. The first kappa shape index (κ1) is 14.5. The fraction of sp³-hybridized carbons (Fsp3) is 0.263. The lowest BCUT2D eigenvalue weighted by molar-refractivity contribution is 0.760. The van der Waals surface area contributed by atoms with Gasteiger partial charge < -0.3 is 5.32 Å². The molecule has 3 heteroatoms. The molecule has 1 heterocycles. The van der Waals surface area contributed by atoms with E-state index in [0.717, 1.165) is 34.5 Å². The highest BCUT2D eigenvalue weighted by molar-refractivity contribution is 5.90. The van der Waals surface area contributed by atoms with Gasteiger partial charge in [0.15, 0.2) is 5.82 Å². The molecule has 0 unspecified atom stereocenters. The second kappa shape index (κ2) is 6.14. The van der Waals surface area contributed by atoms with E-state index in [0.29, 0.717) is 6.04 Å². The summed E-state index contributed by atoms with van der Waals surface area (Å²) in [5.74, 6) is 1.68. The monoisotopic (exact) mass is 291 g/mol. The normalized spacial score (nSPS) is 12.3. The Balaban J connectivity index is 2.13. The van der Waals surface area contributed by atoms with Gasteiger partial charge in [0.1, 0.15) is 5.82 Å². The first-order valence-corrected chi connectivity index (χ1v) is 7.77. The van der Waals surface area contributed by atoms with Gasteiger partial charge >= 0.3 is 0 Å². The van der Waals surface area contributed by atoms with Crippen LogP contribution in [0, 0.1) is 6.92 Å². The topological polar surface area (TPSA) is 37.8 Å². The van der Waals surface area contributed by atoms with Crippen LogP contribution in [-0.2, 0) is 0 Å². The SMILES string of the molecule is CC[C@H](C)Nc1nc(-c2ccc(C)cc2)nc2ccccc12. The minimum absolute atomic E-state index is 0.379. The number of hydrogen-bond acceptors (Lipinski definition) is 3. The number of hydrogen-bond donors (Lipinski definition) is 1. The van der Waals surface area contributed by atoms with Gasteiger partial charge in [-0.2, -0.15) is 0 Å². The highest BCUT2D eigenvalue weighted by Gasteiger charge is 2.10. The van der Waals surface area contributed by atoms with E-state index in [-0.39, 0.29) is 0 Å². The zero-order valence-corrected chi connectivity index (χ0v) is 13.3. The molecule has 0 aliphatic rings. The maximum Gasteiger partial charge on any atom is 0.162 e. The predicted molar refractivity (Wildman–Crippen MR) is 93.1 cm³/mol. The number of fused-ring (bicyclic) bond motifs is 1. The van der Waals surface area contributed by atoms with Crippen molar-refractivity contribution in [3.8, 4) is 11.4 Å². The Morgan fingerprint density at radius 1 is 1.00 bits per heavy atom. The van der Waals surface area contributed by atoms with Gasteiger partial charge in [-0.25, -0.2) is 9.97 Å². The number of aryl methyl sites for hydroxylation is 1. The van der Waals surface area contributed by atoms with Crippen LogP contribution in [0.2, 0.25) is 0 Å². The Kier molecular flexibility index (Phi) is 4.05. The molecule has 0 radical (unpaired) electrons. The van der Waals surface area contributed by atoms with Crippen LogP contribution in [-0.4, -0.2) is 16.0 Å². The van der Waals surface area contributed by atoms with Gasteiger partial charge in [-0.3, -0.25) is 0 Å². The van der Waals surface area contributed by atoms with Crippen molar-refractivity contribution >= 4 is 16.7 Å². The molecule has 1 N–H and O–H groups in total. The summed E-state index contributed by atoms with van der Waals surface area (Å²) in [6, 6.07) is 16.9. The van der Waals surface area contributed by atoms with E-state index in [2.05, 4.69) is 56.4 Å². The van der Waals surface area contributed by atoms with Gasteiger partial charge in [-0.15, -0.1) is 0 Å². The lowest BCUT2D eigenvalue weighted by Gasteiger charge is -2.15. The van der Waals surface area contributed by atoms with Gasteiger partial charge in [0.2, 0.25) is 0 Å². The molecule has 0 spiro atoms. The van der Waals surface area contributed by atoms with E-state index < -0.39 is 0 Å². The molecule has 0 bridgehead atoms. The number of aromatic nitrogens is 2. The first-order valence-electron chi connectivity index (χ1n) is 7.77. The second-order valence-corrected chi connectivity index (χ2v) is 5.73. The highest BCUT2D eigenvalue weighted by atomic mass is 15.0. The predicted octanol–water partition coefficient (Wildman–Crippen LogP) is 4.82. The van der Waals surface area contributed by atoms with Crippen LogP contribution < -0.4 is 5.32 Å². The first-order chi connectivity index (χ1) is 10.7. The van der Waals surface area contributed by atoms with Crippen molar-refractivity contribution in [3.63, 3.8) is 0 Å². The number of rotatable bonds is 4. The Morgan fingerprint density at radius 3 is 2.45 bits per heavy atom. The van der Waals surface area contributed by atoms with Crippen molar-refractivity contribution in [1.29, 1.82) is 0 Å². The van der Waals surface area contributed by atoms with Gasteiger partial charge in [-0.1, -0.05) is 48.9 Å². The molecule has 22 heavy (non-hydrogen) atoms. The molecule has 3 nitrogen and oxygen atoms in total. The third-order valence-corrected chi connectivity index (χ3v) is 3.91. The van der Waals surface area contributed by atoms with E-state index in [9.17, 15) is 0 Å². The largest absolute Gasteiger partial charge is 0.367 e. The molecule has 3 rings (SSSR count). The second-order valence-electron chi connectivity index (χ2n) is 5.73. The average molecular weight is 291 g/mol. The third kappa shape index (κ3) is 2.93. The summed E-state index contributed by atoms with van der Waals surface area (Å²) < 4.78 is 0. The van der Waals surface area contributed by atoms with Gasteiger partial charge in [0, 0.05) is 17.0 Å². The number of nitrogens with zero attached hydrogens (tertiary/aromatic N) is 2. The van der Waals surface area contributed by atoms with Gasteiger partial charge in [-0.05, 0) is 32.4 Å². The van der Waals surface area contributed by atoms with E-state index in [1.54, 1.807) is 0 Å². The maximum atomic E-state index is 4.77. The molecule has 0 aliphatic carbocycles. The summed E-state index contributed by atoms with van der Waals surface area (Å²) in [6.07, 6.45) is 1.05. The van der Waals surface area contributed by atoms with Crippen LogP contribution in [0.5, 0.6) is 0 Å². The zero-order valence-electron chi connectivity index (χ0n) is 13.3. The quantitative estimate of drug-likeness (QED) is 0.749. The number of para-hydroxylation sites is 1. The molecule has 1 aromatic heterocycles. The van der Waals surface area contributed by atoms with Gasteiger partial charge in [0.05, 0.1) is 5.52 Å². The molecular weight excluding hydrogens is 270 g/mol. The Labute approximate surface area is 131 Å². The van der Waals surface area contributed by atoms with Crippen LogP contribution >= 0.6 is 0 Å². The zero-order chi connectivity index (χ0) is 15.5. The molecule has 1 atom stereocenters. The van der Waals surface area contributed by atoms with Gasteiger partial charge in [0.25, 0.3) is 0 Å². The summed E-state index contributed by atoms with van der Waals surface area (Å²) in [7, 11) is 0. The van der Waals surface area contributed by atoms with Crippen molar-refractivity contribution in [2.45, 2.75) is 33.2 Å². The molecule has 3 aromatic rings. The fourth-order valence-corrected chi connectivity index (χ4v) is 2.35. The standard InChI is InChI=1S/C19H21N3/c1-4-14(3)20-19-16-7-5-6-8-17(16)21-18(22-19)15-11-9-13(2)10-12-15/h5-12,14H,4H2,1-3H3,(H,20,21,22)/t14-/m0/s1. The van der Waals surface area contributed by atoms with E-state index in [1.165, 1.54) is 5.56 Å². The van der Waals surface area contributed by atoms with Crippen LogP contribution in [0.1, 0.15) is 25.8 Å². The molecular formula is C19H21N3. The molecule has 0 aliphatic heterocycles. The van der Waals surface area contributed by atoms with Crippen molar-refractivity contribution in [2.24, 2.45) is 0 Å². The van der Waals surface area contributed by atoms with Crippen LogP contribution in [0.3, 0.4) is 0 Å². The molecule has 0 amide bonds. The lowest BCUT2D eigenvalue weighted by Crippen LogP contribution is -2.15. The van der Waals surface area contributed by atoms with Crippen molar-refractivity contribution in [3.05, 3.63) is 54.1 Å². The molecule has 0 saturated heterocycles. The Morgan fingerprint density at radius 2 is 1.73 bits per heavy atom. The van der Waals surface area contributed by atoms with E-state index >= 15 is 0 Å². The molecule has 0 saturated carbocycles. The van der Waals surface area contributed by atoms with Crippen LogP contribution in [0.4, 0.5) is 5.82 Å². The van der Waals surface area contributed by atoms with Crippen molar-refractivity contribution in [2.75, 3.05) is 5.32 Å². The third-order valence-electron chi connectivity index (χ3n) is 3.91. The van der Waals surface area contributed by atoms with Crippen LogP contribution in [0.15, 0.2) is 48.5 Å². The number of anilines is 1. The molecule has 2 aromatic carbocycles. The highest BCUT2D eigenvalue weighted by Crippen LogP contribution is 2.25. The smallest absolute Gasteiger partial charge is 0.162 e. The number of benzene rings is 2. The average Bonchev–Trinajstić information content (AvgIpc) is 2.55. The summed E-state index contributed by atoms with van der Waals surface area (Å²) in [5, 5.41) is 4.57. The Bertz CT molecular complexity index is 778. The Hall–Kier alpha value is -2.42. The lowest BCUT2D eigenvalue weighted by atomic mass is 10.1. The van der Waals surface area contributed by atoms with Crippen molar-refractivity contribution in [1.82, 2.24) is 9.97 Å². The molecule has 112 valence electrons. The summed E-state index contributed by atoms with van der Waals surface area (Å²) in [5.41, 5.74) is 3.25. The summed E-state index contributed by atoms with van der Waals surface area (Å²) >= 11 is 0. The van der Waals surface area contributed by atoms with Crippen molar-refractivity contribution < 1.29 is 0 Å². The summed E-state index contributed by atoms with van der Waals surface area (Å²) in [4.78, 5) is 9.48. The maximum absolute atomic E-state index is 4.77. The fourth-order valence-electron chi connectivity index (χ4n) is 2.35. The molecule has 0 fully saturated rings. The van der Waals surface area contributed by atoms with Crippen LogP contribution in [0.25, 0.3) is 22.3 Å². The van der Waals surface area contributed by atoms with E-state index in [1.807, 2.05) is 18.2 Å². The summed E-state index contributed by atoms with van der Waals surface area (Å²) in [6.45, 7) is 6.42.